The summed E-state index contributed by atoms with van der Waals surface area (Å²) in [4.78, 5) is 18.6. The molecule has 0 aromatic carbocycles. The van der Waals surface area contributed by atoms with Crippen LogP contribution in [0.3, 0.4) is 0 Å². The SMILES string of the molecule is N#Cc1ccc(OC[C@]23COC[C@H]2CN(C(=O)Cc2ccco2)C3)nc1. The lowest BCUT2D eigenvalue weighted by Crippen LogP contribution is -2.38. The van der Waals surface area contributed by atoms with E-state index in [2.05, 4.69) is 4.98 Å². The van der Waals surface area contributed by atoms with Crippen LogP contribution in [0.15, 0.2) is 41.1 Å². The van der Waals surface area contributed by atoms with Crippen LogP contribution in [0.4, 0.5) is 0 Å². The second kappa shape index (κ2) is 6.81. The molecule has 2 aliphatic rings. The molecule has 4 rings (SSSR count). The zero-order valence-electron chi connectivity index (χ0n) is 14.3. The maximum Gasteiger partial charge on any atom is 0.230 e. The standard InChI is InChI=1S/C19H19N3O4/c20-7-14-3-4-17(21-8-14)26-13-19-11-22(9-15(19)10-24-12-19)18(23)6-16-2-1-5-25-16/h1-5,8,15H,6,9-13H2/t15-,19+/m1/s1. The minimum absolute atomic E-state index is 0.0604. The van der Waals surface area contributed by atoms with Gasteiger partial charge >= 0.3 is 0 Å². The summed E-state index contributed by atoms with van der Waals surface area (Å²) >= 11 is 0. The van der Waals surface area contributed by atoms with Crippen LogP contribution < -0.4 is 4.74 Å². The van der Waals surface area contributed by atoms with Crippen LogP contribution in [0.5, 0.6) is 5.88 Å². The molecule has 7 nitrogen and oxygen atoms in total. The van der Waals surface area contributed by atoms with Crippen molar-refractivity contribution >= 4 is 5.91 Å². The first-order valence-corrected chi connectivity index (χ1v) is 8.55. The molecule has 0 N–H and O–H groups in total. The highest BCUT2D eigenvalue weighted by atomic mass is 16.5. The fourth-order valence-corrected chi connectivity index (χ4v) is 3.65. The van der Waals surface area contributed by atoms with Crippen molar-refractivity contribution in [1.29, 1.82) is 5.26 Å². The van der Waals surface area contributed by atoms with E-state index in [4.69, 9.17) is 19.2 Å². The van der Waals surface area contributed by atoms with E-state index in [0.717, 1.165) is 0 Å². The van der Waals surface area contributed by atoms with Gasteiger partial charge in [0.2, 0.25) is 11.8 Å². The fourth-order valence-electron chi connectivity index (χ4n) is 3.65. The van der Waals surface area contributed by atoms with Crippen molar-refractivity contribution in [2.75, 3.05) is 32.9 Å². The Balaban J connectivity index is 1.41. The number of furan rings is 1. The third-order valence-electron chi connectivity index (χ3n) is 5.15. The molecule has 1 amide bonds. The van der Waals surface area contributed by atoms with Gasteiger partial charge in [-0.05, 0) is 18.2 Å². The van der Waals surface area contributed by atoms with Gasteiger partial charge in [-0.15, -0.1) is 0 Å². The zero-order valence-corrected chi connectivity index (χ0v) is 14.3. The molecule has 0 saturated carbocycles. The van der Waals surface area contributed by atoms with Crippen LogP contribution in [0, 0.1) is 22.7 Å². The van der Waals surface area contributed by atoms with Gasteiger partial charge < -0.3 is 18.8 Å². The molecule has 2 fully saturated rings. The molecule has 134 valence electrons. The van der Waals surface area contributed by atoms with Crippen molar-refractivity contribution in [2.45, 2.75) is 6.42 Å². The van der Waals surface area contributed by atoms with E-state index < -0.39 is 0 Å². The molecule has 26 heavy (non-hydrogen) atoms. The maximum absolute atomic E-state index is 12.6. The number of nitrogens with zero attached hydrogens (tertiary/aromatic N) is 3. The summed E-state index contributed by atoms with van der Waals surface area (Å²) in [6, 6.07) is 9.00. The minimum atomic E-state index is -0.214. The van der Waals surface area contributed by atoms with Gasteiger partial charge in [-0.25, -0.2) is 4.98 Å². The average Bonchev–Trinajstić information content (AvgIpc) is 3.36. The number of hydrogen-bond donors (Lipinski definition) is 0. The van der Waals surface area contributed by atoms with Gasteiger partial charge in [0.05, 0.1) is 43.5 Å². The summed E-state index contributed by atoms with van der Waals surface area (Å²) in [7, 11) is 0. The summed E-state index contributed by atoms with van der Waals surface area (Å²) in [5.74, 6) is 1.46. The van der Waals surface area contributed by atoms with Crippen molar-refractivity contribution in [3.05, 3.63) is 48.0 Å². The van der Waals surface area contributed by atoms with E-state index in [-0.39, 0.29) is 23.7 Å². The maximum atomic E-state index is 12.6. The largest absolute Gasteiger partial charge is 0.477 e. The van der Waals surface area contributed by atoms with Crippen molar-refractivity contribution in [2.24, 2.45) is 11.3 Å². The number of likely N-dealkylation sites (tertiary alicyclic amines) is 1. The van der Waals surface area contributed by atoms with Crippen molar-refractivity contribution in [3.63, 3.8) is 0 Å². The minimum Gasteiger partial charge on any atom is -0.477 e. The van der Waals surface area contributed by atoms with Gasteiger partial charge in [0.15, 0.2) is 0 Å². The summed E-state index contributed by atoms with van der Waals surface area (Å²) in [5, 5.41) is 8.83. The van der Waals surface area contributed by atoms with Gasteiger partial charge in [-0.1, -0.05) is 0 Å². The number of carbonyl (C=O) groups is 1. The molecule has 7 heteroatoms. The number of fused-ring (bicyclic) bond motifs is 1. The third-order valence-corrected chi connectivity index (χ3v) is 5.15. The van der Waals surface area contributed by atoms with E-state index >= 15 is 0 Å². The Morgan fingerprint density at radius 3 is 3.12 bits per heavy atom. The number of aromatic nitrogens is 1. The molecular formula is C19H19N3O4. The lowest BCUT2D eigenvalue weighted by atomic mass is 9.82. The average molecular weight is 353 g/mol. The number of amides is 1. The number of carbonyl (C=O) groups excluding carboxylic acids is 1. The predicted molar refractivity (Wildman–Crippen MR) is 90.2 cm³/mol. The van der Waals surface area contributed by atoms with Crippen LogP contribution >= 0.6 is 0 Å². The van der Waals surface area contributed by atoms with Crippen molar-refractivity contribution in [3.8, 4) is 11.9 Å². The molecule has 2 atom stereocenters. The first-order valence-electron chi connectivity index (χ1n) is 8.55. The Hall–Kier alpha value is -2.85. The lowest BCUT2D eigenvalue weighted by Gasteiger charge is -2.26. The number of rotatable bonds is 5. The Morgan fingerprint density at radius 2 is 2.38 bits per heavy atom. The lowest BCUT2D eigenvalue weighted by molar-refractivity contribution is -0.130. The molecule has 0 spiro atoms. The summed E-state index contributed by atoms with van der Waals surface area (Å²) < 4.78 is 16.8. The van der Waals surface area contributed by atoms with E-state index in [1.807, 2.05) is 17.0 Å². The second-order valence-corrected chi connectivity index (χ2v) is 6.89. The van der Waals surface area contributed by atoms with Gasteiger partial charge in [0.25, 0.3) is 0 Å². The molecular weight excluding hydrogens is 334 g/mol. The highest BCUT2D eigenvalue weighted by Crippen LogP contribution is 2.41. The van der Waals surface area contributed by atoms with E-state index in [1.54, 1.807) is 24.5 Å². The fraction of sp³-hybridized carbons (Fsp3) is 0.421. The van der Waals surface area contributed by atoms with Crippen LogP contribution in [-0.4, -0.2) is 48.7 Å². The van der Waals surface area contributed by atoms with Crippen LogP contribution in [0.1, 0.15) is 11.3 Å². The monoisotopic (exact) mass is 353 g/mol. The highest BCUT2D eigenvalue weighted by Gasteiger charge is 2.52. The quantitative estimate of drug-likeness (QED) is 0.812. The van der Waals surface area contributed by atoms with Crippen LogP contribution in [-0.2, 0) is 16.0 Å². The second-order valence-electron chi connectivity index (χ2n) is 6.89. The van der Waals surface area contributed by atoms with E-state index in [9.17, 15) is 4.79 Å². The predicted octanol–water partition coefficient (Wildman–Crippen LogP) is 1.64. The Bertz CT molecular complexity index is 812. The summed E-state index contributed by atoms with van der Waals surface area (Å²) in [6.45, 7) is 2.91. The molecule has 0 unspecified atom stereocenters. The van der Waals surface area contributed by atoms with Gasteiger partial charge in [0, 0.05) is 31.3 Å². The van der Waals surface area contributed by atoms with Gasteiger partial charge in [-0.2, -0.15) is 5.26 Å². The Labute approximate surface area is 151 Å². The van der Waals surface area contributed by atoms with Gasteiger partial charge in [0.1, 0.15) is 11.8 Å². The van der Waals surface area contributed by atoms with Crippen molar-refractivity contribution < 1.29 is 18.7 Å². The third kappa shape index (κ3) is 3.16. The number of ether oxygens (including phenoxy) is 2. The molecule has 0 bridgehead atoms. The van der Waals surface area contributed by atoms with E-state index in [0.29, 0.717) is 50.1 Å². The van der Waals surface area contributed by atoms with Crippen molar-refractivity contribution in [1.82, 2.24) is 9.88 Å². The molecule has 2 aromatic rings. The van der Waals surface area contributed by atoms with Crippen LogP contribution in [0.25, 0.3) is 0 Å². The topological polar surface area (TPSA) is 88.6 Å². The zero-order chi connectivity index (χ0) is 18.0. The summed E-state index contributed by atoms with van der Waals surface area (Å²) in [5.41, 5.74) is 0.280. The first-order chi connectivity index (χ1) is 12.7. The normalized spacial score (nSPS) is 24.3. The Morgan fingerprint density at radius 1 is 1.46 bits per heavy atom. The Kier molecular flexibility index (Phi) is 4.35. The molecule has 2 saturated heterocycles. The first kappa shape index (κ1) is 16.6. The smallest absolute Gasteiger partial charge is 0.230 e. The van der Waals surface area contributed by atoms with Gasteiger partial charge in [-0.3, -0.25) is 4.79 Å². The molecule has 2 aliphatic heterocycles. The number of nitriles is 1. The molecule has 4 heterocycles. The van der Waals surface area contributed by atoms with Crippen LogP contribution in [0.2, 0.25) is 0 Å². The summed E-state index contributed by atoms with van der Waals surface area (Å²) in [6.07, 6.45) is 3.34. The molecule has 0 aliphatic carbocycles. The van der Waals surface area contributed by atoms with E-state index in [1.165, 1.54) is 6.20 Å². The number of pyridine rings is 1. The number of hydrogen-bond acceptors (Lipinski definition) is 6. The highest BCUT2D eigenvalue weighted by molar-refractivity contribution is 5.78. The molecule has 2 aromatic heterocycles. The molecule has 0 radical (unpaired) electrons.